The highest BCUT2D eigenvalue weighted by molar-refractivity contribution is 5.87. The normalized spacial score (nSPS) is 20.2. The highest BCUT2D eigenvalue weighted by atomic mass is 19.4. The van der Waals surface area contributed by atoms with Crippen molar-refractivity contribution in [3.8, 4) is 0 Å². The molecule has 1 aliphatic rings. The van der Waals surface area contributed by atoms with Gasteiger partial charge < -0.3 is 4.74 Å². The Hall–Kier alpha value is -0.580. The number of ketones is 1. The summed E-state index contributed by atoms with van der Waals surface area (Å²) < 4.78 is 41.2. The van der Waals surface area contributed by atoms with Crippen LogP contribution in [0.5, 0.6) is 0 Å². The van der Waals surface area contributed by atoms with Crippen molar-refractivity contribution in [2.75, 3.05) is 7.11 Å². The SMILES string of the molecule is COC1(C(=O)CCCC(F)(F)F)CCCCC1. The summed E-state index contributed by atoms with van der Waals surface area (Å²) in [7, 11) is 1.48. The van der Waals surface area contributed by atoms with Gasteiger partial charge in [0.15, 0.2) is 5.78 Å². The zero-order valence-corrected chi connectivity index (χ0v) is 10.1. The van der Waals surface area contributed by atoms with Crippen LogP contribution in [-0.2, 0) is 9.53 Å². The summed E-state index contributed by atoms with van der Waals surface area (Å²) >= 11 is 0. The molecule has 0 amide bonds. The Bertz CT molecular complexity index is 255. The number of Topliss-reactive ketones (excluding diaryl/α,β-unsaturated/α-hetero) is 1. The highest BCUT2D eigenvalue weighted by Gasteiger charge is 2.39. The van der Waals surface area contributed by atoms with Gasteiger partial charge >= 0.3 is 6.18 Å². The zero-order valence-electron chi connectivity index (χ0n) is 10.1. The van der Waals surface area contributed by atoms with Crippen molar-refractivity contribution in [3.05, 3.63) is 0 Å². The fraction of sp³-hybridized carbons (Fsp3) is 0.917. The van der Waals surface area contributed by atoms with Gasteiger partial charge in [0.05, 0.1) is 0 Å². The van der Waals surface area contributed by atoms with Gasteiger partial charge in [-0.2, -0.15) is 13.2 Å². The number of rotatable bonds is 5. The lowest BCUT2D eigenvalue weighted by atomic mass is 9.80. The highest BCUT2D eigenvalue weighted by Crippen LogP contribution is 2.33. The topological polar surface area (TPSA) is 26.3 Å². The van der Waals surface area contributed by atoms with Gasteiger partial charge in [-0.05, 0) is 19.3 Å². The second kappa shape index (κ2) is 5.85. The zero-order chi connectivity index (χ0) is 12.9. The van der Waals surface area contributed by atoms with Gasteiger partial charge in [0.2, 0.25) is 0 Å². The quantitative estimate of drug-likeness (QED) is 0.746. The van der Waals surface area contributed by atoms with Gasteiger partial charge in [0, 0.05) is 20.0 Å². The third-order valence-corrected chi connectivity index (χ3v) is 3.42. The smallest absolute Gasteiger partial charge is 0.370 e. The van der Waals surface area contributed by atoms with Crippen molar-refractivity contribution in [1.29, 1.82) is 0 Å². The first kappa shape index (κ1) is 14.5. The van der Waals surface area contributed by atoms with E-state index < -0.39 is 18.2 Å². The molecule has 0 aliphatic heterocycles. The molecule has 2 nitrogen and oxygen atoms in total. The molecule has 1 aliphatic carbocycles. The average molecular weight is 252 g/mol. The summed E-state index contributed by atoms with van der Waals surface area (Å²) in [6, 6.07) is 0. The van der Waals surface area contributed by atoms with Crippen molar-refractivity contribution in [2.45, 2.75) is 63.1 Å². The summed E-state index contributed by atoms with van der Waals surface area (Å²) in [4.78, 5) is 11.9. The molecule has 0 aromatic carbocycles. The van der Waals surface area contributed by atoms with Crippen LogP contribution in [-0.4, -0.2) is 24.7 Å². The van der Waals surface area contributed by atoms with Crippen molar-refractivity contribution in [2.24, 2.45) is 0 Å². The van der Waals surface area contributed by atoms with Crippen molar-refractivity contribution >= 4 is 5.78 Å². The summed E-state index contributed by atoms with van der Waals surface area (Å²) in [6.45, 7) is 0. The van der Waals surface area contributed by atoms with E-state index in [0.29, 0.717) is 12.8 Å². The number of carbonyl (C=O) groups excluding carboxylic acids is 1. The first-order chi connectivity index (χ1) is 7.90. The Morgan fingerprint density at radius 3 is 2.29 bits per heavy atom. The third kappa shape index (κ3) is 4.30. The first-order valence-corrected chi connectivity index (χ1v) is 6.05. The van der Waals surface area contributed by atoms with E-state index in [0.717, 1.165) is 19.3 Å². The van der Waals surface area contributed by atoms with E-state index in [-0.39, 0.29) is 18.6 Å². The fourth-order valence-electron chi connectivity index (χ4n) is 2.40. The summed E-state index contributed by atoms with van der Waals surface area (Å²) in [5.41, 5.74) is -0.802. The summed E-state index contributed by atoms with van der Waals surface area (Å²) in [5.74, 6) is -0.163. The molecule has 0 saturated heterocycles. The summed E-state index contributed by atoms with van der Waals surface area (Å²) in [6.07, 6.45) is -1.03. The van der Waals surface area contributed by atoms with E-state index in [1.807, 2.05) is 0 Å². The number of alkyl halides is 3. The third-order valence-electron chi connectivity index (χ3n) is 3.42. The molecule has 17 heavy (non-hydrogen) atoms. The van der Waals surface area contributed by atoms with Crippen LogP contribution in [0.15, 0.2) is 0 Å². The number of hydrogen-bond donors (Lipinski definition) is 0. The molecular weight excluding hydrogens is 233 g/mol. The second-order valence-electron chi connectivity index (χ2n) is 4.65. The second-order valence-corrected chi connectivity index (χ2v) is 4.65. The minimum absolute atomic E-state index is 0.0344. The molecule has 0 spiro atoms. The van der Waals surface area contributed by atoms with E-state index >= 15 is 0 Å². The number of hydrogen-bond acceptors (Lipinski definition) is 2. The Balaban J connectivity index is 2.44. The standard InChI is InChI=1S/C12H19F3O2/c1-17-11(7-3-2-4-8-11)10(16)6-5-9-12(13,14)15/h2-9H2,1H3. The predicted octanol–water partition coefficient (Wildman–Crippen LogP) is 3.64. The maximum atomic E-state index is 12.0. The van der Waals surface area contributed by atoms with Crippen LogP contribution in [0.25, 0.3) is 0 Å². The van der Waals surface area contributed by atoms with Gasteiger partial charge in [-0.15, -0.1) is 0 Å². The van der Waals surface area contributed by atoms with Crippen LogP contribution in [0.3, 0.4) is 0 Å². The van der Waals surface area contributed by atoms with Crippen LogP contribution in [0, 0.1) is 0 Å². The van der Waals surface area contributed by atoms with Gasteiger partial charge in [-0.25, -0.2) is 0 Å². The van der Waals surface area contributed by atoms with Crippen LogP contribution < -0.4 is 0 Å². The Labute approximate surface area is 99.5 Å². The van der Waals surface area contributed by atoms with Crippen molar-refractivity contribution < 1.29 is 22.7 Å². The Morgan fingerprint density at radius 1 is 1.24 bits per heavy atom. The van der Waals surface area contributed by atoms with Gasteiger partial charge in [-0.3, -0.25) is 4.79 Å². The van der Waals surface area contributed by atoms with Crippen LogP contribution >= 0.6 is 0 Å². The van der Waals surface area contributed by atoms with E-state index in [2.05, 4.69) is 0 Å². The van der Waals surface area contributed by atoms with E-state index in [9.17, 15) is 18.0 Å². The van der Waals surface area contributed by atoms with Crippen LogP contribution in [0.2, 0.25) is 0 Å². The van der Waals surface area contributed by atoms with Gasteiger partial charge in [0.25, 0.3) is 0 Å². The van der Waals surface area contributed by atoms with E-state index in [4.69, 9.17) is 4.74 Å². The van der Waals surface area contributed by atoms with Gasteiger partial charge in [0.1, 0.15) is 5.60 Å². The Kier molecular flexibility index (Phi) is 4.98. The molecule has 1 rings (SSSR count). The lowest BCUT2D eigenvalue weighted by Gasteiger charge is -2.34. The first-order valence-electron chi connectivity index (χ1n) is 6.05. The molecular formula is C12H19F3O2. The molecule has 100 valence electrons. The molecule has 0 N–H and O–H groups in total. The minimum Gasteiger partial charge on any atom is -0.370 e. The molecule has 0 radical (unpaired) electrons. The van der Waals surface area contributed by atoms with Gasteiger partial charge in [-0.1, -0.05) is 19.3 Å². The van der Waals surface area contributed by atoms with E-state index in [1.54, 1.807) is 0 Å². The molecule has 1 fully saturated rings. The van der Waals surface area contributed by atoms with Crippen LogP contribution in [0.1, 0.15) is 51.4 Å². The number of ether oxygens (including phenoxy) is 1. The summed E-state index contributed by atoms with van der Waals surface area (Å²) in [5, 5.41) is 0. The monoisotopic (exact) mass is 252 g/mol. The number of halogens is 3. The number of methoxy groups -OCH3 is 1. The minimum atomic E-state index is -4.17. The predicted molar refractivity (Wildman–Crippen MR) is 57.7 cm³/mol. The molecule has 1 saturated carbocycles. The van der Waals surface area contributed by atoms with E-state index in [1.165, 1.54) is 7.11 Å². The average Bonchev–Trinajstić information content (AvgIpc) is 2.28. The fourth-order valence-corrected chi connectivity index (χ4v) is 2.40. The maximum absolute atomic E-state index is 12.0. The molecule has 0 aromatic heterocycles. The largest absolute Gasteiger partial charge is 0.389 e. The molecule has 0 bridgehead atoms. The molecule has 0 atom stereocenters. The van der Waals surface area contributed by atoms with Crippen molar-refractivity contribution in [3.63, 3.8) is 0 Å². The van der Waals surface area contributed by atoms with Crippen LogP contribution in [0.4, 0.5) is 13.2 Å². The molecule has 0 unspecified atom stereocenters. The molecule has 0 heterocycles. The lowest BCUT2D eigenvalue weighted by molar-refractivity contribution is -0.148. The number of carbonyl (C=O) groups is 1. The Morgan fingerprint density at radius 2 is 1.82 bits per heavy atom. The lowest BCUT2D eigenvalue weighted by Crippen LogP contribution is -2.42. The maximum Gasteiger partial charge on any atom is 0.389 e. The molecule has 0 aromatic rings. The molecule has 5 heteroatoms. The van der Waals surface area contributed by atoms with Crippen molar-refractivity contribution in [1.82, 2.24) is 0 Å².